The molecule has 1 atom stereocenters. The molecule has 0 bridgehead atoms. The second kappa shape index (κ2) is 11.0. The molecule has 1 aliphatic carbocycles. The number of ether oxygens (including phenoxy) is 1. The second-order valence-corrected chi connectivity index (χ2v) is 13.5. The highest BCUT2D eigenvalue weighted by atomic mass is 16.5. The summed E-state index contributed by atoms with van der Waals surface area (Å²) in [6.45, 7) is 0. The van der Waals surface area contributed by atoms with Crippen molar-refractivity contribution in [1.82, 2.24) is 15.0 Å². The number of nitrogens with zero attached hydrogens (tertiary/aromatic N) is 3. The molecule has 2 aliphatic rings. The second-order valence-electron chi connectivity index (χ2n) is 13.5. The van der Waals surface area contributed by atoms with E-state index in [1.807, 2.05) is 60.7 Å². The van der Waals surface area contributed by atoms with Crippen LogP contribution in [0.25, 0.3) is 66.8 Å². The number of para-hydroxylation sites is 1. The molecular weight excluding hydrogens is 635 g/mol. The molecule has 0 fully saturated rings. The highest BCUT2D eigenvalue weighted by Crippen LogP contribution is 2.65. The number of aromatic nitrogens is 3. The lowest BCUT2D eigenvalue weighted by Crippen LogP contribution is -2.32. The molecule has 0 saturated heterocycles. The first-order valence-corrected chi connectivity index (χ1v) is 17.6. The molecule has 8 aromatic carbocycles. The summed E-state index contributed by atoms with van der Waals surface area (Å²) in [6.07, 6.45) is 0. The van der Waals surface area contributed by atoms with Gasteiger partial charge in [0.2, 0.25) is 0 Å². The quantitative estimate of drug-likeness (QED) is 0.177. The van der Waals surface area contributed by atoms with Crippen LogP contribution in [0.2, 0.25) is 0 Å². The van der Waals surface area contributed by atoms with Gasteiger partial charge in [-0.25, -0.2) is 15.0 Å². The Morgan fingerprint density at radius 2 is 0.865 bits per heavy atom. The average molecular weight is 664 g/mol. The summed E-state index contributed by atoms with van der Waals surface area (Å²) >= 11 is 0. The van der Waals surface area contributed by atoms with Crippen molar-refractivity contribution in [1.29, 1.82) is 0 Å². The minimum absolute atomic E-state index is 0.611. The maximum atomic E-state index is 6.82. The van der Waals surface area contributed by atoms with Gasteiger partial charge in [0.05, 0.1) is 5.41 Å². The van der Waals surface area contributed by atoms with Crippen LogP contribution in [-0.2, 0) is 5.41 Å². The minimum atomic E-state index is -0.673. The zero-order valence-electron chi connectivity index (χ0n) is 28.0. The van der Waals surface area contributed by atoms with Crippen LogP contribution in [0.4, 0.5) is 0 Å². The number of benzene rings is 8. The zero-order valence-corrected chi connectivity index (χ0v) is 28.0. The third-order valence-corrected chi connectivity index (χ3v) is 10.8. The maximum Gasteiger partial charge on any atom is 0.164 e. The summed E-state index contributed by atoms with van der Waals surface area (Å²) in [5, 5.41) is 4.98. The third kappa shape index (κ3) is 4.00. The number of hydrogen-bond donors (Lipinski definition) is 0. The van der Waals surface area contributed by atoms with Crippen LogP contribution < -0.4 is 4.74 Å². The van der Waals surface area contributed by atoms with Gasteiger partial charge >= 0.3 is 0 Å². The van der Waals surface area contributed by atoms with E-state index < -0.39 is 5.41 Å². The number of hydrogen-bond acceptors (Lipinski definition) is 4. The van der Waals surface area contributed by atoms with Gasteiger partial charge in [-0.1, -0.05) is 152 Å². The van der Waals surface area contributed by atoms with Crippen molar-refractivity contribution in [2.24, 2.45) is 0 Å². The van der Waals surface area contributed by atoms with Crippen LogP contribution in [0.5, 0.6) is 11.5 Å². The van der Waals surface area contributed by atoms with E-state index >= 15 is 0 Å². The molecule has 0 radical (unpaired) electrons. The lowest BCUT2D eigenvalue weighted by atomic mass is 9.64. The van der Waals surface area contributed by atoms with Crippen LogP contribution in [-0.4, -0.2) is 15.0 Å². The van der Waals surface area contributed by atoms with E-state index in [4.69, 9.17) is 19.7 Å². The van der Waals surface area contributed by atoms with E-state index in [0.717, 1.165) is 39.3 Å². The molecular formula is C48H29N3O. The van der Waals surface area contributed by atoms with Gasteiger partial charge in [0, 0.05) is 27.8 Å². The van der Waals surface area contributed by atoms with Gasteiger partial charge in [-0.15, -0.1) is 0 Å². The molecule has 2 heterocycles. The molecule has 1 aliphatic heterocycles. The smallest absolute Gasteiger partial charge is 0.164 e. The monoisotopic (exact) mass is 663 g/mol. The number of rotatable bonds is 3. The number of fused-ring (bicyclic) bond motifs is 14. The summed E-state index contributed by atoms with van der Waals surface area (Å²) in [5.74, 6) is 3.56. The Morgan fingerprint density at radius 1 is 0.365 bits per heavy atom. The van der Waals surface area contributed by atoms with E-state index in [2.05, 4.69) is 115 Å². The Hall–Kier alpha value is -6.91. The van der Waals surface area contributed by atoms with Crippen LogP contribution in [0.15, 0.2) is 176 Å². The molecule has 0 amide bonds. The van der Waals surface area contributed by atoms with E-state index in [9.17, 15) is 0 Å². The zero-order chi connectivity index (χ0) is 34.2. The molecule has 242 valence electrons. The van der Waals surface area contributed by atoms with E-state index in [1.54, 1.807) is 0 Å². The highest BCUT2D eigenvalue weighted by Gasteiger charge is 2.52. The van der Waals surface area contributed by atoms with E-state index in [0.29, 0.717) is 17.5 Å². The van der Waals surface area contributed by atoms with E-state index in [1.165, 1.54) is 43.8 Å². The Balaban J connectivity index is 1.26. The van der Waals surface area contributed by atoms with Crippen LogP contribution in [0.3, 0.4) is 0 Å². The van der Waals surface area contributed by atoms with Crippen molar-refractivity contribution < 1.29 is 4.74 Å². The van der Waals surface area contributed by atoms with Gasteiger partial charge in [-0.05, 0) is 68.1 Å². The first-order chi connectivity index (χ1) is 25.8. The summed E-state index contributed by atoms with van der Waals surface area (Å²) in [5.41, 5.74) is 9.33. The minimum Gasteiger partial charge on any atom is -0.457 e. The van der Waals surface area contributed by atoms with Gasteiger partial charge in [0.1, 0.15) is 11.5 Å². The molecule has 9 aromatic rings. The standard InChI is InChI=1S/C48H29N3O/c1-3-15-30(16-4-1)45-49-46(31-17-5-2-6-18-31)51-47(50-45)32-27-28-42-40(29-32)48(39-25-13-14-26-41(39)52-42)38-24-12-11-23-37(38)43-35-21-9-7-19-33(35)34-20-8-10-22-36(34)44(43)48/h1-29H. The van der Waals surface area contributed by atoms with Crippen molar-refractivity contribution in [2.75, 3.05) is 0 Å². The first kappa shape index (κ1) is 28.9. The molecule has 11 rings (SSSR count). The maximum absolute atomic E-state index is 6.82. The van der Waals surface area contributed by atoms with Gasteiger partial charge in [-0.3, -0.25) is 0 Å². The van der Waals surface area contributed by atoms with Gasteiger partial charge in [-0.2, -0.15) is 0 Å². The van der Waals surface area contributed by atoms with Crippen molar-refractivity contribution in [3.05, 3.63) is 198 Å². The summed E-state index contributed by atoms with van der Waals surface area (Å²) < 4.78 is 6.82. The van der Waals surface area contributed by atoms with Gasteiger partial charge < -0.3 is 4.74 Å². The topological polar surface area (TPSA) is 47.9 Å². The fourth-order valence-corrected chi connectivity index (χ4v) is 8.65. The lowest BCUT2D eigenvalue weighted by molar-refractivity contribution is 0.437. The first-order valence-electron chi connectivity index (χ1n) is 17.6. The Labute approximate surface area is 300 Å². The highest BCUT2D eigenvalue weighted by molar-refractivity contribution is 6.19. The molecule has 4 nitrogen and oxygen atoms in total. The van der Waals surface area contributed by atoms with Crippen LogP contribution in [0.1, 0.15) is 22.3 Å². The predicted octanol–water partition coefficient (Wildman–Crippen LogP) is 11.6. The van der Waals surface area contributed by atoms with Crippen molar-refractivity contribution in [3.8, 4) is 56.8 Å². The molecule has 52 heavy (non-hydrogen) atoms. The Morgan fingerprint density at radius 3 is 1.56 bits per heavy atom. The molecule has 1 aromatic heterocycles. The molecule has 1 unspecified atom stereocenters. The summed E-state index contributed by atoms with van der Waals surface area (Å²) in [7, 11) is 0. The average Bonchev–Trinajstić information content (AvgIpc) is 3.53. The molecule has 0 N–H and O–H groups in total. The fraction of sp³-hybridized carbons (Fsp3) is 0.0208. The van der Waals surface area contributed by atoms with Crippen molar-refractivity contribution in [3.63, 3.8) is 0 Å². The largest absolute Gasteiger partial charge is 0.457 e. The van der Waals surface area contributed by atoms with Crippen molar-refractivity contribution in [2.45, 2.75) is 5.41 Å². The van der Waals surface area contributed by atoms with Crippen LogP contribution >= 0.6 is 0 Å². The SMILES string of the molecule is c1ccc(-c2nc(-c3ccccc3)nc(-c3ccc4c(c3)C3(c5ccccc5O4)c4ccccc4-c4c3c3ccccc3c3ccccc43)n2)cc1. The molecule has 4 heteroatoms. The van der Waals surface area contributed by atoms with E-state index in [-0.39, 0.29) is 0 Å². The lowest BCUT2D eigenvalue weighted by Gasteiger charge is -2.40. The Bertz CT molecular complexity index is 2830. The normalized spacial score (nSPS) is 15.2. The predicted molar refractivity (Wildman–Crippen MR) is 209 cm³/mol. The fourth-order valence-electron chi connectivity index (χ4n) is 8.65. The van der Waals surface area contributed by atoms with Gasteiger partial charge in [0.15, 0.2) is 17.5 Å². The third-order valence-electron chi connectivity index (χ3n) is 10.8. The molecule has 0 saturated carbocycles. The summed E-state index contributed by atoms with van der Waals surface area (Å²) in [6, 6.07) is 61.9. The summed E-state index contributed by atoms with van der Waals surface area (Å²) in [4.78, 5) is 15.2. The Kier molecular flexibility index (Phi) is 6.13. The molecule has 1 spiro atoms. The van der Waals surface area contributed by atoms with Crippen LogP contribution in [0, 0.1) is 0 Å². The van der Waals surface area contributed by atoms with Crippen molar-refractivity contribution >= 4 is 21.5 Å². The van der Waals surface area contributed by atoms with Gasteiger partial charge in [0.25, 0.3) is 0 Å².